The maximum atomic E-state index is 12.1. The van der Waals surface area contributed by atoms with E-state index in [9.17, 15) is 4.79 Å². The van der Waals surface area contributed by atoms with Crippen LogP contribution in [0.1, 0.15) is 28.5 Å². The van der Waals surface area contributed by atoms with Crippen molar-refractivity contribution in [3.8, 4) is 16.9 Å². The maximum absolute atomic E-state index is 12.1. The van der Waals surface area contributed by atoms with Gasteiger partial charge in [-0.25, -0.2) is 0 Å². The number of carbonyl (C=O) groups is 1. The number of halogens is 2. The average Bonchev–Trinajstić information content (AvgIpc) is 2.88. The van der Waals surface area contributed by atoms with Crippen molar-refractivity contribution in [1.29, 1.82) is 0 Å². The quantitative estimate of drug-likeness (QED) is 0.466. The Hall–Kier alpha value is -1.84. The lowest BCUT2D eigenvalue weighted by molar-refractivity contribution is 0.101. The van der Waals surface area contributed by atoms with E-state index in [0.717, 1.165) is 38.2 Å². The highest BCUT2D eigenvalue weighted by Gasteiger charge is 2.19. The molecule has 0 aliphatic heterocycles. The molecule has 0 fully saturated rings. The zero-order chi connectivity index (χ0) is 17.4. The van der Waals surface area contributed by atoms with Crippen molar-refractivity contribution in [2.75, 3.05) is 0 Å². The van der Waals surface area contributed by atoms with E-state index in [1.807, 2.05) is 62.4 Å². The van der Waals surface area contributed by atoms with Gasteiger partial charge < -0.3 is 4.57 Å². The van der Waals surface area contributed by atoms with Crippen LogP contribution >= 0.6 is 27.5 Å². The molecule has 0 atom stereocenters. The Balaban J connectivity index is 2.33. The van der Waals surface area contributed by atoms with Crippen molar-refractivity contribution in [2.24, 2.45) is 0 Å². The number of Topliss-reactive ketones (excluding diaryl/α,β-unsaturated/α-hetero) is 1. The lowest BCUT2D eigenvalue weighted by Crippen LogP contribution is -2.03. The monoisotopic (exact) mass is 401 g/mol. The lowest BCUT2D eigenvalue weighted by atomic mass is 10.1. The molecule has 122 valence electrons. The highest BCUT2D eigenvalue weighted by atomic mass is 79.9. The molecule has 0 saturated heterocycles. The molecule has 0 spiro atoms. The molecule has 0 bridgehead atoms. The van der Waals surface area contributed by atoms with Crippen LogP contribution in [-0.2, 0) is 0 Å². The highest BCUT2D eigenvalue weighted by Crippen LogP contribution is 2.33. The second kappa shape index (κ2) is 6.58. The van der Waals surface area contributed by atoms with Crippen molar-refractivity contribution in [3.63, 3.8) is 0 Å². The van der Waals surface area contributed by atoms with E-state index in [0.29, 0.717) is 5.02 Å². The second-order valence-electron chi connectivity index (χ2n) is 5.81. The van der Waals surface area contributed by atoms with Gasteiger partial charge in [-0.3, -0.25) is 4.79 Å². The average molecular weight is 403 g/mol. The number of nitrogens with zero attached hydrogens (tertiary/aromatic N) is 1. The van der Waals surface area contributed by atoms with Crippen LogP contribution in [0.4, 0.5) is 0 Å². The summed E-state index contributed by atoms with van der Waals surface area (Å²) in [6, 6.07) is 15.9. The second-order valence-corrected chi connectivity index (χ2v) is 7.13. The predicted molar refractivity (Wildman–Crippen MR) is 103 cm³/mol. The molecule has 0 radical (unpaired) electrons. The van der Waals surface area contributed by atoms with Crippen LogP contribution in [0.25, 0.3) is 16.9 Å². The summed E-state index contributed by atoms with van der Waals surface area (Å²) >= 11 is 9.79. The van der Waals surface area contributed by atoms with Gasteiger partial charge in [-0.2, -0.15) is 0 Å². The third-order valence-electron chi connectivity index (χ3n) is 4.25. The zero-order valence-corrected chi connectivity index (χ0v) is 16.1. The Morgan fingerprint density at radius 3 is 2.38 bits per heavy atom. The first-order valence-corrected chi connectivity index (χ1v) is 8.82. The van der Waals surface area contributed by atoms with Gasteiger partial charge in [0.15, 0.2) is 5.78 Å². The summed E-state index contributed by atoms with van der Waals surface area (Å²) in [7, 11) is 0. The van der Waals surface area contributed by atoms with Crippen LogP contribution in [-0.4, -0.2) is 10.4 Å². The first-order chi connectivity index (χ1) is 11.4. The Labute approximate surface area is 155 Å². The van der Waals surface area contributed by atoms with Crippen molar-refractivity contribution in [1.82, 2.24) is 4.57 Å². The molecule has 0 saturated carbocycles. The summed E-state index contributed by atoms with van der Waals surface area (Å²) in [4.78, 5) is 12.1. The normalized spacial score (nSPS) is 10.9. The number of carbonyl (C=O) groups excluding carboxylic acids is 1. The molecule has 0 unspecified atom stereocenters. The maximum Gasteiger partial charge on any atom is 0.161 e. The standard InChI is InChI=1S/C20H17BrClNO/c1-12-18(22)5-4-6-19(12)23-13(2)17(14(3)24)11-20(23)15-7-9-16(21)10-8-15/h4-11H,1-3H3. The molecule has 24 heavy (non-hydrogen) atoms. The summed E-state index contributed by atoms with van der Waals surface area (Å²) in [5, 5.41) is 0.715. The number of aromatic nitrogens is 1. The Morgan fingerprint density at radius 1 is 1.08 bits per heavy atom. The third-order valence-corrected chi connectivity index (χ3v) is 5.18. The van der Waals surface area contributed by atoms with Crippen molar-refractivity contribution < 1.29 is 4.79 Å². The fraction of sp³-hybridized carbons (Fsp3) is 0.150. The molecule has 3 aromatic rings. The van der Waals surface area contributed by atoms with Gasteiger partial charge in [0.1, 0.15) is 0 Å². The third kappa shape index (κ3) is 2.94. The zero-order valence-electron chi connectivity index (χ0n) is 13.7. The number of ketones is 1. The molecule has 1 heterocycles. The summed E-state index contributed by atoms with van der Waals surface area (Å²) in [5.41, 5.74) is 5.67. The van der Waals surface area contributed by atoms with E-state index in [1.165, 1.54) is 0 Å². The van der Waals surface area contributed by atoms with E-state index in [-0.39, 0.29) is 5.78 Å². The van der Waals surface area contributed by atoms with E-state index >= 15 is 0 Å². The van der Waals surface area contributed by atoms with Crippen LogP contribution in [0.15, 0.2) is 53.0 Å². The molecular weight excluding hydrogens is 386 g/mol. The van der Waals surface area contributed by atoms with E-state index in [1.54, 1.807) is 6.92 Å². The minimum Gasteiger partial charge on any atom is -0.313 e. The number of benzene rings is 2. The predicted octanol–water partition coefficient (Wildman–Crippen LogP) is 6.38. The van der Waals surface area contributed by atoms with Crippen molar-refractivity contribution in [3.05, 3.63) is 74.8 Å². The van der Waals surface area contributed by atoms with E-state index < -0.39 is 0 Å². The molecule has 0 aliphatic carbocycles. The molecule has 2 nitrogen and oxygen atoms in total. The van der Waals surface area contributed by atoms with Gasteiger partial charge in [-0.15, -0.1) is 0 Å². The molecule has 3 rings (SSSR count). The highest BCUT2D eigenvalue weighted by molar-refractivity contribution is 9.10. The first kappa shape index (κ1) is 17.0. The molecule has 1 aromatic heterocycles. The Kier molecular flexibility index (Phi) is 4.66. The Bertz CT molecular complexity index is 926. The summed E-state index contributed by atoms with van der Waals surface area (Å²) in [6.07, 6.45) is 0. The van der Waals surface area contributed by atoms with E-state index in [4.69, 9.17) is 11.6 Å². The van der Waals surface area contributed by atoms with Crippen LogP contribution in [0, 0.1) is 13.8 Å². The van der Waals surface area contributed by atoms with Gasteiger partial charge >= 0.3 is 0 Å². The molecular formula is C20H17BrClNO. The molecule has 0 N–H and O–H groups in total. The van der Waals surface area contributed by atoms with Gasteiger partial charge in [0.05, 0.1) is 11.4 Å². The fourth-order valence-corrected chi connectivity index (χ4v) is 3.38. The SMILES string of the molecule is CC(=O)c1cc(-c2ccc(Br)cc2)n(-c2cccc(Cl)c2C)c1C. The van der Waals surface area contributed by atoms with E-state index in [2.05, 4.69) is 20.5 Å². The van der Waals surface area contributed by atoms with Gasteiger partial charge in [-0.1, -0.05) is 45.7 Å². The first-order valence-electron chi connectivity index (χ1n) is 7.65. The van der Waals surface area contributed by atoms with Crippen LogP contribution < -0.4 is 0 Å². The van der Waals surface area contributed by atoms with Gasteiger partial charge in [0.2, 0.25) is 0 Å². The lowest BCUT2D eigenvalue weighted by Gasteiger charge is -2.15. The molecule has 0 amide bonds. The number of hydrogen-bond acceptors (Lipinski definition) is 1. The van der Waals surface area contributed by atoms with Crippen LogP contribution in [0.3, 0.4) is 0 Å². The number of hydrogen-bond donors (Lipinski definition) is 0. The smallest absolute Gasteiger partial charge is 0.161 e. The van der Waals surface area contributed by atoms with Gasteiger partial charge in [0.25, 0.3) is 0 Å². The van der Waals surface area contributed by atoms with Crippen LogP contribution in [0.5, 0.6) is 0 Å². The summed E-state index contributed by atoms with van der Waals surface area (Å²) in [5.74, 6) is 0.0595. The Morgan fingerprint density at radius 2 is 1.75 bits per heavy atom. The molecule has 2 aromatic carbocycles. The van der Waals surface area contributed by atoms with Crippen molar-refractivity contribution >= 4 is 33.3 Å². The van der Waals surface area contributed by atoms with Gasteiger partial charge in [-0.05, 0) is 62.2 Å². The molecule has 0 aliphatic rings. The largest absolute Gasteiger partial charge is 0.313 e. The minimum absolute atomic E-state index is 0.0595. The summed E-state index contributed by atoms with van der Waals surface area (Å²) in [6.45, 7) is 5.57. The number of rotatable bonds is 3. The molecule has 4 heteroatoms. The van der Waals surface area contributed by atoms with Crippen LogP contribution in [0.2, 0.25) is 5.02 Å². The van der Waals surface area contributed by atoms with Crippen molar-refractivity contribution in [2.45, 2.75) is 20.8 Å². The summed E-state index contributed by atoms with van der Waals surface area (Å²) < 4.78 is 3.13. The topological polar surface area (TPSA) is 22.0 Å². The van der Waals surface area contributed by atoms with Gasteiger partial charge in [0, 0.05) is 20.8 Å². The minimum atomic E-state index is 0.0595. The fourth-order valence-electron chi connectivity index (χ4n) is 2.95.